The lowest BCUT2D eigenvalue weighted by molar-refractivity contribution is 0.847. The van der Waals surface area contributed by atoms with Crippen LogP contribution in [-0.4, -0.2) is 4.98 Å². The molecule has 1 aromatic rings. The first-order valence-corrected chi connectivity index (χ1v) is 5.29. The number of rotatable bonds is 1. The predicted molar refractivity (Wildman–Crippen MR) is 58.7 cm³/mol. The molecule has 0 saturated carbocycles. The van der Waals surface area contributed by atoms with Crippen LogP contribution in [0.5, 0.6) is 0 Å². The normalized spacial score (nSPS) is 10.6. The Balaban J connectivity index is 3.13. The van der Waals surface area contributed by atoms with Crippen LogP contribution in [0.2, 0.25) is 0 Å². The van der Waals surface area contributed by atoms with Gasteiger partial charge in [0.2, 0.25) is 0 Å². The second kappa shape index (κ2) is 3.85. The highest BCUT2D eigenvalue weighted by molar-refractivity contribution is 14.1. The number of aromatic nitrogens is 1. The molecule has 1 aromatic heterocycles. The largest absolute Gasteiger partial charge is 0.248 e. The molecule has 0 aliphatic rings. The molecular weight excluding hydrogens is 317 g/mol. The maximum atomic E-state index is 4.21. The van der Waals surface area contributed by atoms with E-state index >= 15 is 0 Å². The van der Waals surface area contributed by atoms with Gasteiger partial charge in [-0.15, -0.1) is 0 Å². The molecule has 0 N–H and O–H groups in total. The lowest BCUT2D eigenvalue weighted by Gasteiger charge is -2.06. The van der Waals surface area contributed by atoms with E-state index in [9.17, 15) is 0 Å². The molecule has 0 aliphatic heterocycles. The third kappa shape index (κ3) is 2.40. The van der Waals surface area contributed by atoms with E-state index in [0.717, 1.165) is 4.60 Å². The molecule has 0 fully saturated rings. The van der Waals surface area contributed by atoms with Crippen molar-refractivity contribution in [1.82, 2.24) is 4.98 Å². The smallest absolute Gasteiger partial charge is 0.109 e. The summed E-state index contributed by atoms with van der Waals surface area (Å²) in [6.45, 7) is 4.33. The van der Waals surface area contributed by atoms with Gasteiger partial charge < -0.3 is 0 Å². The zero-order valence-electron chi connectivity index (χ0n) is 6.44. The molecule has 0 aliphatic carbocycles. The second-order valence-corrected chi connectivity index (χ2v) is 4.69. The van der Waals surface area contributed by atoms with Crippen LogP contribution in [0.4, 0.5) is 0 Å². The predicted octanol–water partition coefficient (Wildman–Crippen LogP) is 3.57. The Morgan fingerprint density at radius 2 is 2.18 bits per heavy atom. The Bertz CT molecular complexity index is 260. The first-order valence-electron chi connectivity index (χ1n) is 3.42. The molecule has 60 valence electrons. The van der Waals surface area contributed by atoms with Crippen molar-refractivity contribution >= 4 is 38.5 Å². The summed E-state index contributed by atoms with van der Waals surface area (Å²) in [6, 6.07) is 2.16. The van der Waals surface area contributed by atoms with Crippen LogP contribution in [-0.2, 0) is 0 Å². The summed E-state index contributed by atoms with van der Waals surface area (Å²) in [5.74, 6) is 0.534. The highest BCUT2D eigenvalue weighted by atomic mass is 127. The SMILES string of the molecule is CC(C)c1cc(I)cnc1Br. The fraction of sp³-hybridized carbons (Fsp3) is 0.375. The number of halogens is 2. The molecule has 0 unspecified atom stereocenters. The fourth-order valence-corrected chi connectivity index (χ4v) is 1.99. The van der Waals surface area contributed by atoms with E-state index < -0.39 is 0 Å². The minimum atomic E-state index is 0.534. The summed E-state index contributed by atoms with van der Waals surface area (Å²) in [6.07, 6.45) is 1.86. The average Bonchev–Trinajstić information content (AvgIpc) is 1.94. The van der Waals surface area contributed by atoms with E-state index in [0.29, 0.717) is 5.92 Å². The van der Waals surface area contributed by atoms with Gasteiger partial charge in [0.1, 0.15) is 4.60 Å². The molecule has 1 nitrogen and oxygen atoms in total. The van der Waals surface area contributed by atoms with Crippen molar-refractivity contribution in [3.63, 3.8) is 0 Å². The Morgan fingerprint density at radius 3 is 2.64 bits per heavy atom. The fourth-order valence-electron chi connectivity index (χ4n) is 0.843. The quantitative estimate of drug-likeness (QED) is 0.568. The molecule has 0 atom stereocenters. The highest BCUT2D eigenvalue weighted by Gasteiger charge is 2.05. The summed E-state index contributed by atoms with van der Waals surface area (Å²) in [4.78, 5) is 4.21. The summed E-state index contributed by atoms with van der Waals surface area (Å²) in [7, 11) is 0. The first kappa shape index (κ1) is 9.45. The van der Waals surface area contributed by atoms with Crippen LogP contribution in [0.1, 0.15) is 25.3 Å². The summed E-state index contributed by atoms with van der Waals surface area (Å²) < 4.78 is 2.16. The standard InChI is InChI=1S/C8H9BrIN/c1-5(2)7-3-6(10)4-11-8(7)9/h3-5H,1-2H3. The average molecular weight is 326 g/mol. The van der Waals surface area contributed by atoms with Gasteiger partial charge in [0, 0.05) is 9.77 Å². The van der Waals surface area contributed by atoms with Crippen LogP contribution in [0.15, 0.2) is 16.9 Å². The van der Waals surface area contributed by atoms with E-state index in [4.69, 9.17) is 0 Å². The van der Waals surface area contributed by atoms with Gasteiger partial charge in [-0.2, -0.15) is 0 Å². The van der Waals surface area contributed by atoms with E-state index in [1.165, 1.54) is 9.13 Å². The van der Waals surface area contributed by atoms with Crippen molar-refractivity contribution in [1.29, 1.82) is 0 Å². The lowest BCUT2D eigenvalue weighted by Crippen LogP contribution is -1.92. The van der Waals surface area contributed by atoms with Crippen molar-refractivity contribution in [3.05, 3.63) is 26.0 Å². The number of hydrogen-bond donors (Lipinski definition) is 0. The molecule has 0 amide bonds. The summed E-state index contributed by atoms with van der Waals surface area (Å²) in [5.41, 5.74) is 1.27. The minimum Gasteiger partial charge on any atom is -0.248 e. The molecule has 0 spiro atoms. The Hall–Kier alpha value is 0.360. The molecule has 1 heterocycles. The van der Waals surface area contributed by atoms with E-state index in [-0.39, 0.29) is 0 Å². The van der Waals surface area contributed by atoms with E-state index in [1.807, 2.05) is 6.20 Å². The third-order valence-electron chi connectivity index (χ3n) is 1.45. The van der Waals surface area contributed by atoms with E-state index in [1.54, 1.807) is 0 Å². The zero-order valence-corrected chi connectivity index (χ0v) is 10.2. The lowest BCUT2D eigenvalue weighted by atomic mass is 10.1. The Kier molecular flexibility index (Phi) is 3.30. The zero-order chi connectivity index (χ0) is 8.43. The molecular formula is C8H9BrIN. The first-order chi connectivity index (χ1) is 5.11. The van der Waals surface area contributed by atoms with Gasteiger partial charge >= 0.3 is 0 Å². The number of nitrogens with zero attached hydrogens (tertiary/aromatic N) is 1. The van der Waals surface area contributed by atoms with Crippen molar-refractivity contribution in [2.24, 2.45) is 0 Å². The molecule has 0 aromatic carbocycles. The summed E-state index contributed by atoms with van der Waals surface area (Å²) in [5, 5.41) is 0. The van der Waals surface area contributed by atoms with Gasteiger partial charge in [-0.05, 0) is 56.1 Å². The third-order valence-corrected chi connectivity index (χ3v) is 2.71. The number of hydrogen-bond acceptors (Lipinski definition) is 1. The van der Waals surface area contributed by atoms with Gasteiger partial charge in [0.25, 0.3) is 0 Å². The minimum absolute atomic E-state index is 0.534. The molecule has 3 heteroatoms. The molecule has 0 radical (unpaired) electrons. The summed E-state index contributed by atoms with van der Waals surface area (Å²) >= 11 is 5.69. The van der Waals surface area contributed by atoms with Crippen molar-refractivity contribution in [2.45, 2.75) is 19.8 Å². The Morgan fingerprint density at radius 1 is 1.55 bits per heavy atom. The molecule has 0 bridgehead atoms. The van der Waals surface area contributed by atoms with Crippen molar-refractivity contribution in [2.75, 3.05) is 0 Å². The van der Waals surface area contributed by atoms with Gasteiger partial charge in [-0.1, -0.05) is 13.8 Å². The van der Waals surface area contributed by atoms with Gasteiger partial charge in [-0.3, -0.25) is 0 Å². The van der Waals surface area contributed by atoms with Crippen LogP contribution >= 0.6 is 38.5 Å². The Labute approximate surface area is 88.9 Å². The highest BCUT2D eigenvalue weighted by Crippen LogP contribution is 2.23. The van der Waals surface area contributed by atoms with Crippen LogP contribution in [0.3, 0.4) is 0 Å². The second-order valence-electron chi connectivity index (χ2n) is 2.69. The van der Waals surface area contributed by atoms with Crippen LogP contribution in [0, 0.1) is 3.57 Å². The molecule has 1 rings (SSSR count). The molecule has 0 saturated heterocycles. The van der Waals surface area contributed by atoms with Crippen LogP contribution in [0.25, 0.3) is 0 Å². The van der Waals surface area contributed by atoms with E-state index in [2.05, 4.69) is 63.4 Å². The number of pyridine rings is 1. The molecule has 11 heavy (non-hydrogen) atoms. The maximum absolute atomic E-state index is 4.21. The van der Waals surface area contributed by atoms with Crippen LogP contribution < -0.4 is 0 Å². The topological polar surface area (TPSA) is 12.9 Å². The maximum Gasteiger partial charge on any atom is 0.109 e. The van der Waals surface area contributed by atoms with Gasteiger partial charge in [0.05, 0.1) is 0 Å². The van der Waals surface area contributed by atoms with Gasteiger partial charge in [-0.25, -0.2) is 4.98 Å². The van der Waals surface area contributed by atoms with Gasteiger partial charge in [0.15, 0.2) is 0 Å². The van der Waals surface area contributed by atoms with Crippen molar-refractivity contribution in [3.8, 4) is 0 Å². The monoisotopic (exact) mass is 325 g/mol. The van der Waals surface area contributed by atoms with Crippen molar-refractivity contribution < 1.29 is 0 Å².